The van der Waals surface area contributed by atoms with E-state index in [1.807, 2.05) is 17.0 Å². The molecule has 4 heteroatoms. The maximum atomic E-state index is 12.9. The number of fused-ring (bicyclic) bond motifs is 1. The molecule has 1 aromatic heterocycles. The SMILES string of the molecule is CCCCCCCCCCCn1c(C2CC(=O)N(c3cccc(C)c3)C2)nc2ccccc21. The Hall–Kier alpha value is -2.62. The van der Waals surface area contributed by atoms with E-state index in [1.54, 1.807) is 0 Å². The number of anilines is 1. The van der Waals surface area contributed by atoms with Crippen molar-refractivity contribution in [1.82, 2.24) is 9.55 Å². The van der Waals surface area contributed by atoms with Gasteiger partial charge in [-0.05, 0) is 43.2 Å². The first-order valence-corrected chi connectivity index (χ1v) is 13.0. The molecule has 3 aromatic rings. The third-order valence-corrected chi connectivity index (χ3v) is 6.97. The molecule has 0 bridgehead atoms. The Morgan fingerprint density at radius 1 is 0.909 bits per heavy atom. The predicted octanol–water partition coefficient (Wildman–Crippen LogP) is 7.40. The molecule has 0 saturated carbocycles. The predicted molar refractivity (Wildman–Crippen MR) is 138 cm³/mol. The maximum absolute atomic E-state index is 12.9. The van der Waals surface area contributed by atoms with E-state index < -0.39 is 0 Å². The molecule has 0 spiro atoms. The molecular weight excluding hydrogens is 406 g/mol. The van der Waals surface area contributed by atoms with Crippen LogP contribution in [0.1, 0.15) is 88.4 Å². The molecule has 2 heterocycles. The van der Waals surface area contributed by atoms with E-state index in [0.29, 0.717) is 13.0 Å². The number of aromatic nitrogens is 2. The van der Waals surface area contributed by atoms with Crippen molar-refractivity contribution < 1.29 is 4.79 Å². The Morgan fingerprint density at radius 3 is 2.39 bits per heavy atom. The summed E-state index contributed by atoms with van der Waals surface area (Å²) in [4.78, 5) is 19.9. The summed E-state index contributed by atoms with van der Waals surface area (Å²) in [7, 11) is 0. The first-order chi connectivity index (χ1) is 16.2. The number of rotatable bonds is 12. The lowest BCUT2D eigenvalue weighted by Crippen LogP contribution is -2.24. The molecule has 1 amide bonds. The molecule has 1 atom stereocenters. The fraction of sp³-hybridized carbons (Fsp3) is 0.517. The second-order valence-corrected chi connectivity index (χ2v) is 9.68. The van der Waals surface area contributed by atoms with Crippen molar-refractivity contribution >= 4 is 22.6 Å². The number of unbranched alkanes of at least 4 members (excludes halogenated alkanes) is 8. The van der Waals surface area contributed by atoms with Crippen LogP contribution in [0.5, 0.6) is 0 Å². The lowest BCUT2D eigenvalue weighted by atomic mass is 10.1. The Bertz CT molecular complexity index is 1050. The molecule has 1 fully saturated rings. The third kappa shape index (κ3) is 5.85. The van der Waals surface area contributed by atoms with Gasteiger partial charge in [0.05, 0.1) is 11.0 Å². The first-order valence-electron chi connectivity index (χ1n) is 13.0. The average Bonchev–Trinajstić information content (AvgIpc) is 3.38. The van der Waals surface area contributed by atoms with Gasteiger partial charge in [-0.1, -0.05) is 82.6 Å². The number of carbonyl (C=O) groups is 1. The second-order valence-electron chi connectivity index (χ2n) is 9.68. The van der Waals surface area contributed by atoms with Crippen LogP contribution < -0.4 is 4.90 Å². The number of benzene rings is 2. The molecule has 1 aliphatic heterocycles. The summed E-state index contributed by atoms with van der Waals surface area (Å²) in [6.45, 7) is 6.05. The quantitative estimate of drug-likeness (QED) is 0.272. The van der Waals surface area contributed by atoms with Crippen molar-refractivity contribution in [3.05, 3.63) is 59.9 Å². The zero-order valence-corrected chi connectivity index (χ0v) is 20.4. The molecule has 176 valence electrons. The number of hydrogen-bond donors (Lipinski definition) is 0. The number of hydrogen-bond acceptors (Lipinski definition) is 2. The van der Waals surface area contributed by atoms with Crippen LogP contribution in [0.3, 0.4) is 0 Å². The number of aryl methyl sites for hydroxylation is 2. The highest BCUT2D eigenvalue weighted by Gasteiger charge is 2.34. The summed E-state index contributed by atoms with van der Waals surface area (Å²) in [5.41, 5.74) is 4.43. The van der Waals surface area contributed by atoms with Gasteiger partial charge in [0.25, 0.3) is 0 Å². The molecule has 33 heavy (non-hydrogen) atoms. The Balaban J connectivity index is 1.41. The first kappa shape index (κ1) is 23.5. The normalized spacial score (nSPS) is 16.2. The molecule has 0 aliphatic carbocycles. The summed E-state index contributed by atoms with van der Waals surface area (Å²) in [6, 6.07) is 16.7. The fourth-order valence-electron chi connectivity index (χ4n) is 5.15. The summed E-state index contributed by atoms with van der Waals surface area (Å²) in [6.07, 6.45) is 12.5. The summed E-state index contributed by atoms with van der Waals surface area (Å²) < 4.78 is 2.40. The highest BCUT2D eigenvalue weighted by atomic mass is 16.2. The van der Waals surface area contributed by atoms with Crippen LogP contribution in [0, 0.1) is 6.92 Å². The van der Waals surface area contributed by atoms with Gasteiger partial charge in [-0.15, -0.1) is 0 Å². The van der Waals surface area contributed by atoms with Crippen molar-refractivity contribution in [2.24, 2.45) is 0 Å². The molecule has 2 aromatic carbocycles. The van der Waals surface area contributed by atoms with Gasteiger partial charge in [-0.25, -0.2) is 4.98 Å². The highest BCUT2D eigenvalue weighted by Crippen LogP contribution is 2.33. The van der Waals surface area contributed by atoms with Gasteiger partial charge >= 0.3 is 0 Å². The molecule has 1 aliphatic rings. The Morgan fingerprint density at radius 2 is 1.64 bits per heavy atom. The smallest absolute Gasteiger partial charge is 0.227 e. The number of imidazole rings is 1. The molecular formula is C29H39N3O. The van der Waals surface area contributed by atoms with Crippen molar-refractivity contribution in [1.29, 1.82) is 0 Å². The van der Waals surface area contributed by atoms with Crippen molar-refractivity contribution in [2.45, 2.75) is 90.5 Å². The van der Waals surface area contributed by atoms with E-state index in [-0.39, 0.29) is 11.8 Å². The van der Waals surface area contributed by atoms with Crippen LogP contribution >= 0.6 is 0 Å². The maximum Gasteiger partial charge on any atom is 0.227 e. The number of carbonyl (C=O) groups excluding carboxylic acids is 1. The number of amides is 1. The topological polar surface area (TPSA) is 38.1 Å². The van der Waals surface area contributed by atoms with Crippen LogP contribution in [0.25, 0.3) is 11.0 Å². The zero-order valence-electron chi connectivity index (χ0n) is 20.4. The molecule has 4 nitrogen and oxygen atoms in total. The number of nitrogens with zero attached hydrogens (tertiary/aromatic N) is 3. The van der Waals surface area contributed by atoms with Crippen LogP contribution in [-0.4, -0.2) is 22.0 Å². The van der Waals surface area contributed by atoms with Gasteiger partial charge in [0.2, 0.25) is 5.91 Å². The van der Waals surface area contributed by atoms with E-state index in [9.17, 15) is 4.79 Å². The second kappa shape index (κ2) is 11.5. The van der Waals surface area contributed by atoms with Crippen molar-refractivity contribution in [2.75, 3.05) is 11.4 Å². The van der Waals surface area contributed by atoms with Crippen LogP contribution in [0.15, 0.2) is 48.5 Å². The van der Waals surface area contributed by atoms with E-state index >= 15 is 0 Å². The molecule has 1 saturated heterocycles. The Kier molecular flexibility index (Phi) is 8.20. The van der Waals surface area contributed by atoms with Crippen LogP contribution in [0.2, 0.25) is 0 Å². The number of para-hydroxylation sites is 2. The standard InChI is InChI=1S/C29H39N3O/c1-3-4-5-6-7-8-9-10-13-19-31-27-18-12-11-17-26(27)30-29(31)24-21-28(33)32(22-24)25-16-14-15-23(2)20-25/h11-12,14-18,20,24H,3-10,13,19,21-22H2,1-2H3. The summed E-state index contributed by atoms with van der Waals surface area (Å²) >= 11 is 0. The van der Waals surface area contributed by atoms with Gasteiger partial charge in [-0.2, -0.15) is 0 Å². The molecule has 4 rings (SSSR count). The summed E-state index contributed by atoms with van der Waals surface area (Å²) in [5, 5.41) is 0. The third-order valence-electron chi connectivity index (χ3n) is 6.97. The van der Waals surface area contributed by atoms with E-state index in [2.05, 4.69) is 54.8 Å². The van der Waals surface area contributed by atoms with Crippen LogP contribution in [0.4, 0.5) is 5.69 Å². The largest absolute Gasteiger partial charge is 0.328 e. The van der Waals surface area contributed by atoms with Gasteiger partial charge in [-0.3, -0.25) is 4.79 Å². The summed E-state index contributed by atoms with van der Waals surface area (Å²) in [5.74, 6) is 1.43. The molecule has 0 N–H and O–H groups in total. The minimum atomic E-state index is 0.143. The zero-order chi connectivity index (χ0) is 23.0. The molecule has 0 radical (unpaired) electrons. The van der Waals surface area contributed by atoms with Crippen molar-refractivity contribution in [3.63, 3.8) is 0 Å². The monoisotopic (exact) mass is 445 g/mol. The van der Waals surface area contributed by atoms with E-state index in [4.69, 9.17) is 4.98 Å². The van der Waals surface area contributed by atoms with E-state index in [1.165, 1.54) is 68.9 Å². The van der Waals surface area contributed by atoms with E-state index in [0.717, 1.165) is 23.6 Å². The van der Waals surface area contributed by atoms with Crippen molar-refractivity contribution in [3.8, 4) is 0 Å². The van der Waals surface area contributed by atoms with Gasteiger partial charge in [0, 0.05) is 31.1 Å². The fourth-order valence-corrected chi connectivity index (χ4v) is 5.15. The average molecular weight is 446 g/mol. The lowest BCUT2D eigenvalue weighted by Gasteiger charge is -2.18. The Labute approximate surface area is 199 Å². The lowest BCUT2D eigenvalue weighted by molar-refractivity contribution is -0.117. The van der Waals surface area contributed by atoms with Gasteiger partial charge in [0.1, 0.15) is 5.82 Å². The minimum absolute atomic E-state index is 0.143. The molecule has 1 unspecified atom stereocenters. The van der Waals surface area contributed by atoms with Gasteiger partial charge in [0.15, 0.2) is 0 Å². The van der Waals surface area contributed by atoms with Gasteiger partial charge < -0.3 is 9.47 Å². The van der Waals surface area contributed by atoms with Crippen LogP contribution in [-0.2, 0) is 11.3 Å². The highest BCUT2D eigenvalue weighted by molar-refractivity contribution is 5.96. The minimum Gasteiger partial charge on any atom is -0.328 e.